The van der Waals surface area contributed by atoms with Crippen LogP contribution in [-0.4, -0.2) is 47.4 Å². The Bertz CT molecular complexity index is 1620. The highest BCUT2D eigenvalue weighted by Gasteiger charge is 2.37. The van der Waals surface area contributed by atoms with Gasteiger partial charge in [-0.05, 0) is 84.8 Å². The lowest BCUT2D eigenvalue weighted by molar-refractivity contribution is -0.146. The van der Waals surface area contributed by atoms with Gasteiger partial charge in [0, 0.05) is 16.9 Å². The molecule has 256 valence electrons. The number of rotatable bonds is 10. The molecule has 4 rings (SSSR count). The van der Waals surface area contributed by atoms with Crippen molar-refractivity contribution in [2.24, 2.45) is 10.7 Å². The van der Waals surface area contributed by atoms with E-state index in [0.29, 0.717) is 23.4 Å². The summed E-state index contributed by atoms with van der Waals surface area (Å²) in [5.74, 6) is -2.29. The standard InChI is InChI=1S/C33H33F6N5O4/c34-32(35,36)24-14-25(33(37,38)39)16-26(15-24)43-31(42-19-40)44(27-12-10-22(11-13-27)21-4-2-1-3-5-21)18-20-6-8-23(9-7-20)29(46)41-17-28(45)30(47)48/h4,6-16,28,45H,1-3,5,17-19,40H2,(H,41,46)(H,42,43)(H,47,48)/t28-/m1/s1. The van der Waals surface area contributed by atoms with Gasteiger partial charge in [-0.3, -0.25) is 4.79 Å². The van der Waals surface area contributed by atoms with Crippen molar-refractivity contribution in [2.75, 3.05) is 23.4 Å². The van der Waals surface area contributed by atoms with Crippen LogP contribution < -0.4 is 21.3 Å². The van der Waals surface area contributed by atoms with Crippen molar-refractivity contribution in [1.82, 2.24) is 5.32 Å². The number of nitrogens with two attached hydrogens (primary N) is 1. The van der Waals surface area contributed by atoms with Gasteiger partial charge in [-0.2, -0.15) is 26.3 Å². The number of hydrogen-bond donors (Lipinski definition) is 5. The van der Waals surface area contributed by atoms with Gasteiger partial charge in [0.25, 0.3) is 5.91 Å². The number of amides is 1. The van der Waals surface area contributed by atoms with Crippen molar-refractivity contribution in [1.29, 1.82) is 0 Å². The van der Waals surface area contributed by atoms with Gasteiger partial charge < -0.3 is 31.5 Å². The highest BCUT2D eigenvalue weighted by atomic mass is 19.4. The van der Waals surface area contributed by atoms with Crippen molar-refractivity contribution >= 4 is 34.8 Å². The molecule has 1 atom stereocenters. The fourth-order valence-electron chi connectivity index (χ4n) is 5.00. The number of carboxylic acids is 1. The average Bonchev–Trinajstić information content (AvgIpc) is 3.05. The van der Waals surface area contributed by atoms with E-state index in [9.17, 15) is 41.0 Å². The summed E-state index contributed by atoms with van der Waals surface area (Å²) < 4.78 is 81.7. The van der Waals surface area contributed by atoms with Crippen LogP contribution in [0.5, 0.6) is 0 Å². The molecule has 0 saturated heterocycles. The Hall–Kier alpha value is -4.89. The van der Waals surface area contributed by atoms with Gasteiger partial charge in [-0.1, -0.05) is 30.3 Å². The first-order chi connectivity index (χ1) is 22.7. The van der Waals surface area contributed by atoms with Crippen molar-refractivity contribution in [3.63, 3.8) is 0 Å². The molecule has 0 radical (unpaired) electrons. The first-order valence-electron chi connectivity index (χ1n) is 14.8. The van der Waals surface area contributed by atoms with Crippen LogP contribution in [0, 0.1) is 0 Å². The zero-order valence-electron chi connectivity index (χ0n) is 25.4. The van der Waals surface area contributed by atoms with E-state index in [-0.39, 0.29) is 30.8 Å². The molecular weight excluding hydrogens is 644 g/mol. The quantitative estimate of drug-likeness (QED) is 0.0972. The van der Waals surface area contributed by atoms with E-state index in [1.165, 1.54) is 22.6 Å². The molecule has 0 heterocycles. The molecule has 48 heavy (non-hydrogen) atoms. The van der Waals surface area contributed by atoms with Crippen LogP contribution in [0.3, 0.4) is 0 Å². The van der Waals surface area contributed by atoms with Crippen LogP contribution >= 0.6 is 0 Å². The number of aliphatic carboxylic acids is 1. The van der Waals surface area contributed by atoms with Gasteiger partial charge in [-0.25, -0.2) is 9.79 Å². The van der Waals surface area contributed by atoms with Gasteiger partial charge in [0.05, 0.1) is 30.9 Å². The zero-order chi connectivity index (χ0) is 35.1. The molecule has 0 unspecified atom stereocenters. The second-order valence-electron chi connectivity index (χ2n) is 11.0. The Morgan fingerprint density at radius 1 is 0.917 bits per heavy atom. The number of guanidine groups is 1. The predicted octanol–water partition coefficient (Wildman–Crippen LogP) is 6.25. The number of anilines is 2. The van der Waals surface area contributed by atoms with Gasteiger partial charge in [-0.15, -0.1) is 0 Å². The van der Waals surface area contributed by atoms with Crippen molar-refractivity contribution < 1.29 is 46.1 Å². The molecule has 9 nitrogen and oxygen atoms in total. The minimum Gasteiger partial charge on any atom is -0.479 e. The van der Waals surface area contributed by atoms with E-state index in [0.717, 1.165) is 31.2 Å². The summed E-state index contributed by atoms with van der Waals surface area (Å²) in [6.07, 6.45) is -5.77. The van der Waals surface area contributed by atoms with E-state index < -0.39 is 53.7 Å². The molecule has 0 spiro atoms. The Balaban J connectivity index is 1.69. The number of carbonyl (C=O) groups excluding carboxylic acids is 1. The maximum atomic E-state index is 13.6. The second-order valence-corrected chi connectivity index (χ2v) is 11.0. The third kappa shape index (κ3) is 9.58. The average molecular weight is 678 g/mol. The number of hydrogen-bond acceptors (Lipinski definition) is 5. The summed E-state index contributed by atoms with van der Waals surface area (Å²) in [6.45, 7) is -0.901. The number of carbonyl (C=O) groups is 2. The maximum absolute atomic E-state index is 13.6. The number of aliphatic hydroxyl groups is 1. The van der Waals surface area contributed by atoms with Crippen LogP contribution in [0.2, 0.25) is 0 Å². The third-order valence-electron chi connectivity index (χ3n) is 7.48. The van der Waals surface area contributed by atoms with E-state index in [1.807, 2.05) is 12.1 Å². The number of carboxylic acid groups (broad SMARTS) is 1. The van der Waals surface area contributed by atoms with Crippen LogP contribution in [-0.2, 0) is 23.7 Å². The van der Waals surface area contributed by atoms with Crippen LogP contribution in [0.25, 0.3) is 5.57 Å². The third-order valence-corrected chi connectivity index (χ3v) is 7.48. The van der Waals surface area contributed by atoms with Crippen molar-refractivity contribution in [2.45, 2.75) is 50.7 Å². The van der Waals surface area contributed by atoms with E-state index >= 15 is 0 Å². The van der Waals surface area contributed by atoms with Gasteiger partial charge in [0.2, 0.25) is 5.96 Å². The van der Waals surface area contributed by atoms with Crippen LogP contribution in [0.4, 0.5) is 37.7 Å². The minimum absolute atomic E-state index is 0.0153. The number of nitrogens with one attached hydrogen (secondary N) is 2. The molecule has 0 aliphatic heterocycles. The first-order valence-corrected chi connectivity index (χ1v) is 14.8. The topological polar surface area (TPSA) is 140 Å². The summed E-state index contributed by atoms with van der Waals surface area (Å²) in [5, 5.41) is 23.1. The Kier molecular flexibility index (Phi) is 11.5. The van der Waals surface area contributed by atoms with E-state index in [2.05, 4.69) is 21.7 Å². The molecule has 0 saturated carbocycles. The van der Waals surface area contributed by atoms with Crippen molar-refractivity contribution in [3.05, 3.63) is 101 Å². The summed E-state index contributed by atoms with van der Waals surface area (Å²) in [5.41, 5.74) is 5.51. The lowest BCUT2D eigenvalue weighted by Gasteiger charge is -2.28. The fourth-order valence-corrected chi connectivity index (χ4v) is 5.00. The second kappa shape index (κ2) is 15.3. The van der Waals surface area contributed by atoms with Gasteiger partial charge >= 0.3 is 18.3 Å². The molecule has 1 aliphatic carbocycles. The normalized spacial score (nSPS) is 14.6. The maximum Gasteiger partial charge on any atom is 0.416 e. The number of aliphatic hydroxyl groups excluding tert-OH is 1. The SMILES string of the molecule is NC/N=C(/Nc1cc(C(F)(F)F)cc(C(F)(F)F)c1)N(Cc1ccc(C(=O)NC[C@@H](O)C(=O)O)cc1)c1ccc(C2=CCCCC2)cc1. The molecule has 1 amide bonds. The molecule has 3 aromatic rings. The molecule has 0 fully saturated rings. The molecule has 0 aromatic heterocycles. The Morgan fingerprint density at radius 2 is 1.54 bits per heavy atom. The number of aliphatic imine (C=N–C) groups is 1. The monoisotopic (exact) mass is 677 g/mol. The first kappa shape index (κ1) is 36.0. The Labute approximate surface area is 271 Å². The molecule has 6 N–H and O–H groups in total. The summed E-state index contributed by atoms with van der Waals surface area (Å²) in [7, 11) is 0. The van der Waals surface area contributed by atoms with E-state index in [4.69, 9.17) is 10.8 Å². The van der Waals surface area contributed by atoms with Gasteiger partial charge in [0.1, 0.15) is 0 Å². The van der Waals surface area contributed by atoms with Crippen LogP contribution in [0.15, 0.2) is 77.8 Å². The van der Waals surface area contributed by atoms with Crippen LogP contribution in [0.1, 0.15) is 58.3 Å². The van der Waals surface area contributed by atoms with E-state index in [1.54, 1.807) is 24.3 Å². The Morgan fingerprint density at radius 3 is 2.06 bits per heavy atom. The smallest absolute Gasteiger partial charge is 0.416 e. The lowest BCUT2D eigenvalue weighted by Crippen LogP contribution is -2.37. The number of allylic oxidation sites excluding steroid dienone is 2. The summed E-state index contributed by atoms with van der Waals surface area (Å²) >= 11 is 0. The largest absolute Gasteiger partial charge is 0.479 e. The molecule has 1 aliphatic rings. The number of halogens is 6. The molecule has 15 heteroatoms. The zero-order valence-corrected chi connectivity index (χ0v) is 25.4. The van der Waals surface area contributed by atoms with Crippen molar-refractivity contribution in [3.8, 4) is 0 Å². The highest BCUT2D eigenvalue weighted by Crippen LogP contribution is 2.38. The number of benzene rings is 3. The number of alkyl halides is 6. The summed E-state index contributed by atoms with van der Waals surface area (Å²) in [4.78, 5) is 29.0. The lowest BCUT2D eigenvalue weighted by atomic mass is 9.93. The molecule has 0 bridgehead atoms. The number of nitrogens with zero attached hydrogens (tertiary/aromatic N) is 2. The minimum atomic E-state index is -5.06. The fraction of sp³-hybridized carbons (Fsp3) is 0.303. The molecule has 3 aromatic carbocycles. The highest BCUT2D eigenvalue weighted by molar-refractivity contribution is 6.05. The summed E-state index contributed by atoms with van der Waals surface area (Å²) in [6, 6.07) is 14.3. The molecular formula is C33H33F6N5O4. The van der Waals surface area contributed by atoms with Gasteiger partial charge in [0.15, 0.2) is 6.10 Å². The predicted molar refractivity (Wildman–Crippen MR) is 168 cm³/mol.